The Morgan fingerprint density at radius 2 is 1.89 bits per heavy atom. The summed E-state index contributed by atoms with van der Waals surface area (Å²) < 4.78 is 0. The van der Waals surface area contributed by atoms with Crippen LogP contribution in [0.5, 0.6) is 0 Å². The average Bonchev–Trinajstić information content (AvgIpc) is 2.39. The second-order valence-corrected chi connectivity index (χ2v) is 6.79. The van der Waals surface area contributed by atoms with Gasteiger partial charge in [-0.05, 0) is 58.0 Å². The van der Waals surface area contributed by atoms with Gasteiger partial charge in [-0.2, -0.15) is 0 Å². The van der Waals surface area contributed by atoms with Gasteiger partial charge in [-0.25, -0.2) is 0 Å². The predicted molar refractivity (Wildman–Crippen MR) is 85.6 cm³/mol. The van der Waals surface area contributed by atoms with Crippen molar-refractivity contribution in [2.75, 3.05) is 13.6 Å². The highest BCUT2D eigenvalue weighted by molar-refractivity contribution is 4.94. The quantitative estimate of drug-likeness (QED) is 0.753. The summed E-state index contributed by atoms with van der Waals surface area (Å²) >= 11 is 0. The van der Waals surface area contributed by atoms with Crippen molar-refractivity contribution in [2.24, 2.45) is 11.8 Å². The fourth-order valence-corrected chi connectivity index (χ4v) is 3.92. The van der Waals surface area contributed by atoms with E-state index in [1.54, 1.807) is 0 Å². The van der Waals surface area contributed by atoms with Gasteiger partial charge >= 0.3 is 0 Å². The number of rotatable bonds is 7. The molecular weight excluding hydrogens is 232 g/mol. The van der Waals surface area contributed by atoms with Gasteiger partial charge in [-0.3, -0.25) is 4.90 Å². The van der Waals surface area contributed by atoms with Crippen LogP contribution in [0.2, 0.25) is 0 Å². The highest BCUT2D eigenvalue weighted by Crippen LogP contribution is 2.33. The Kier molecular flexibility index (Phi) is 7.38. The van der Waals surface area contributed by atoms with E-state index in [2.05, 4.69) is 51.9 Å². The van der Waals surface area contributed by atoms with Crippen molar-refractivity contribution >= 4 is 0 Å². The van der Waals surface area contributed by atoms with Gasteiger partial charge in [0.15, 0.2) is 0 Å². The second-order valence-electron chi connectivity index (χ2n) is 6.79. The van der Waals surface area contributed by atoms with Crippen LogP contribution in [-0.2, 0) is 0 Å². The molecule has 0 heterocycles. The molecule has 114 valence electrons. The molecule has 0 saturated heterocycles. The molecule has 0 aromatic heterocycles. The van der Waals surface area contributed by atoms with Crippen molar-refractivity contribution in [2.45, 2.75) is 84.8 Å². The number of hydrogen-bond acceptors (Lipinski definition) is 2. The first kappa shape index (κ1) is 17.0. The molecule has 1 rings (SSSR count). The molecule has 0 spiro atoms. The van der Waals surface area contributed by atoms with E-state index in [9.17, 15) is 0 Å². The van der Waals surface area contributed by atoms with Crippen LogP contribution < -0.4 is 5.32 Å². The fraction of sp³-hybridized carbons (Fsp3) is 1.00. The maximum atomic E-state index is 3.61. The molecule has 0 aromatic rings. The molecule has 1 saturated carbocycles. The molecule has 1 aliphatic rings. The summed E-state index contributed by atoms with van der Waals surface area (Å²) in [6.07, 6.45) is 6.62. The maximum Gasteiger partial charge on any atom is 0.0277 e. The number of hydrogen-bond donors (Lipinski definition) is 1. The summed E-state index contributed by atoms with van der Waals surface area (Å²) in [6.45, 7) is 13.2. The second kappa shape index (κ2) is 8.26. The molecule has 0 aliphatic heterocycles. The van der Waals surface area contributed by atoms with Crippen molar-refractivity contribution in [3.8, 4) is 0 Å². The van der Waals surface area contributed by atoms with Gasteiger partial charge in [-0.1, -0.05) is 34.1 Å². The summed E-state index contributed by atoms with van der Waals surface area (Å²) in [5.41, 5.74) is 0. The highest BCUT2D eigenvalue weighted by atomic mass is 15.2. The minimum atomic E-state index is 0.671. The molecule has 1 aliphatic carbocycles. The first-order valence-electron chi connectivity index (χ1n) is 8.48. The van der Waals surface area contributed by atoms with Gasteiger partial charge in [0, 0.05) is 18.1 Å². The standard InChI is InChI=1S/C17H36N2/c1-7-9-10-19(15(5)8-2)17-14(4)11-13(3)12-16(17)18-6/h13-18H,7-12H2,1-6H3. The molecule has 1 fully saturated rings. The molecule has 2 nitrogen and oxygen atoms in total. The van der Waals surface area contributed by atoms with Crippen LogP contribution in [0.1, 0.15) is 66.7 Å². The molecule has 0 aromatic carbocycles. The zero-order chi connectivity index (χ0) is 14.4. The molecule has 5 unspecified atom stereocenters. The zero-order valence-electron chi connectivity index (χ0n) is 14.1. The summed E-state index contributed by atoms with van der Waals surface area (Å²) in [7, 11) is 2.15. The molecule has 19 heavy (non-hydrogen) atoms. The monoisotopic (exact) mass is 268 g/mol. The van der Waals surface area contributed by atoms with Gasteiger partial charge in [0.25, 0.3) is 0 Å². The summed E-state index contributed by atoms with van der Waals surface area (Å²) in [5.74, 6) is 1.68. The normalized spacial score (nSPS) is 33.6. The van der Waals surface area contributed by atoms with Crippen LogP contribution in [0.25, 0.3) is 0 Å². The van der Waals surface area contributed by atoms with E-state index < -0.39 is 0 Å². The molecule has 5 atom stereocenters. The van der Waals surface area contributed by atoms with E-state index in [4.69, 9.17) is 0 Å². The molecule has 2 heteroatoms. The zero-order valence-corrected chi connectivity index (χ0v) is 14.1. The van der Waals surface area contributed by atoms with Crippen molar-refractivity contribution in [1.82, 2.24) is 10.2 Å². The molecular formula is C17H36N2. The molecule has 0 amide bonds. The average molecular weight is 268 g/mol. The van der Waals surface area contributed by atoms with E-state index >= 15 is 0 Å². The Balaban J connectivity index is 2.83. The van der Waals surface area contributed by atoms with E-state index in [-0.39, 0.29) is 0 Å². The first-order valence-corrected chi connectivity index (χ1v) is 8.48. The summed E-state index contributed by atoms with van der Waals surface area (Å²) in [6, 6.07) is 2.11. The lowest BCUT2D eigenvalue weighted by atomic mass is 9.75. The largest absolute Gasteiger partial charge is 0.315 e. The molecule has 0 bridgehead atoms. The van der Waals surface area contributed by atoms with Gasteiger partial charge in [0.05, 0.1) is 0 Å². The van der Waals surface area contributed by atoms with Crippen molar-refractivity contribution in [1.29, 1.82) is 0 Å². The minimum absolute atomic E-state index is 0.671. The first-order chi connectivity index (χ1) is 9.04. The molecule has 0 radical (unpaired) electrons. The Labute approximate surface area is 121 Å². The number of nitrogens with one attached hydrogen (secondary N) is 1. The van der Waals surface area contributed by atoms with Gasteiger partial charge in [0.2, 0.25) is 0 Å². The third-order valence-corrected chi connectivity index (χ3v) is 5.11. The lowest BCUT2D eigenvalue weighted by molar-refractivity contribution is 0.0347. The Hall–Kier alpha value is -0.0800. The van der Waals surface area contributed by atoms with Crippen molar-refractivity contribution in [3.05, 3.63) is 0 Å². The van der Waals surface area contributed by atoms with Crippen LogP contribution in [0.4, 0.5) is 0 Å². The van der Waals surface area contributed by atoms with Crippen LogP contribution in [0.3, 0.4) is 0 Å². The van der Waals surface area contributed by atoms with Crippen LogP contribution >= 0.6 is 0 Å². The smallest absolute Gasteiger partial charge is 0.0277 e. The lowest BCUT2D eigenvalue weighted by Crippen LogP contribution is -2.58. The van der Waals surface area contributed by atoms with Crippen LogP contribution in [-0.4, -0.2) is 36.6 Å². The van der Waals surface area contributed by atoms with E-state index in [0.29, 0.717) is 12.1 Å². The number of nitrogens with zero attached hydrogens (tertiary/aromatic N) is 1. The van der Waals surface area contributed by atoms with Gasteiger partial charge < -0.3 is 5.32 Å². The van der Waals surface area contributed by atoms with Crippen molar-refractivity contribution in [3.63, 3.8) is 0 Å². The van der Waals surface area contributed by atoms with Gasteiger partial charge in [-0.15, -0.1) is 0 Å². The Morgan fingerprint density at radius 3 is 2.42 bits per heavy atom. The third kappa shape index (κ3) is 4.46. The van der Waals surface area contributed by atoms with Crippen LogP contribution in [0.15, 0.2) is 0 Å². The number of likely N-dealkylation sites (N-methyl/N-ethyl adjacent to an activating group) is 1. The lowest BCUT2D eigenvalue weighted by Gasteiger charge is -2.48. The minimum Gasteiger partial charge on any atom is -0.315 e. The van der Waals surface area contributed by atoms with E-state index in [1.807, 2.05) is 0 Å². The van der Waals surface area contributed by atoms with E-state index in [0.717, 1.165) is 17.9 Å². The molecule has 1 N–H and O–H groups in total. The fourth-order valence-electron chi connectivity index (χ4n) is 3.92. The Morgan fingerprint density at radius 1 is 1.21 bits per heavy atom. The van der Waals surface area contributed by atoms with Crippen molar-refractivity contribution < 1.29 is 0 Å². The maximum absolute atomic E-state index is 3.61. The predicted octanol–water partition coefficient (Wildman–Crippen LogP) is 3.91. The SMILES string of the molecule is CCCCN(C(C)CC)C1C(C)CC(C)CC1NC. The Bertz CT molecular complexity index is 241. The van der Waals surface area contributed by atoms with Gasteiger partial charge in [0.1, 0.15) is 0 Å². The topological polar surface area (TPSA) is 15.3 Å². The highest BCUT2D eigenvalue weighted by Gasteiger charge is 2.37. The number of unbranched alkanes of at least 4 members (excludes halogenated alkanes) is 1. The third-order valence-electron chi connectivity index (χ3n) is 5.11. The van der Waals surface area contributed by atoms with Crippen LogP contribution in [0, 0.1) is 11.8 Å². The summed E-state index contributed by atoms with van der Waals surface area (Å²) in [5, 5.41) is 3.61. The summed E-state index contributed by atoms with van der Waals surface area (Å²) in [4.78, 5) is 2.81. The van der Waals surface area contributed by atoms with E-state index in [1.165, 1.54) is 38.6 Å².